The average Bonchev–Trinajstić information content (AvgIpc) is 2.95. The summed E-state index contributed by atoms with van der Waals surface area (Å²) in [5.74, 6) is -0.0736. The summed E-state index contributed by atoms with van der Waals surface area (Å²) in [5, 5.41) is 2.94. The van der Waals surface area contributed by atoms with E-state index in [9.17, 15) is 9.59 Å². The van der Waals surface area contributed by atoms with Gasteiger partial charge in [-0.15, -0.1) is 0 Å². The highest BCUT2D eigenvalue weighted by molar-refractivity contribution is 5.80. The molecule has 1 aliphatic rings. The Morgan fingerprint density at radius 1 is 1.41 bits per heavy atom. The molecular formula is C16H20N4O2. The van der Waals surface area contributed by atoms with Crippen LogP contribution in [-0.2, 0) is 16.1 Å². The Balaban J connectivity index is 1.58. The molecular weight excluding hydrogens is 280 g/mol. The van der Waals surface area contributed by atoms with E-state index < -0.39 is 0 Å². The van der Waals surface area contributed by atoms with Gasteiger partial charge in [0, 0.05) is 32.4 Å². The molecule has 0 unspecified atom stereocenters. The lowest BCUT2D eigenvalue weighted by atomic mass is 9.97. The SMILES string of the molecule is CC(=O)N1CCC[C@H](C(=O)NCc2cn3ccccc3n2)C1. The fourth-order valence-electron chi connectivity index (χ4n) is 2.87. The van der Waals surface area contributed by atoms with Crippen molar-refractivity contribution in [3.63, 3.8) is 0 Å². The molecule has 0 radical (unpaired) electrons. The monoisotopic (exact) mass is 300 g/mol. The van der Waals surface area contributed by atoms with Crippen LogP contribution in [0.3, 0.4) is 0 Å². The highest BCUT2D eigenvalue weighted by Crippen LogP contribution is 2.17. The maximum absolute atomic E-state index is 12.3. The molecule has 2 amide bonds. The number of carbonyl (C=O) groups is 2. The molecule has 1 atom stereocenters. The van der Waals surface area contributed by atoms with Gasteiger partial charge >= 0.3 is 0 Å². The molecule has 2 aromatic rings. The smallest absolute Gasteiger partial charge is 0.225 e. The lowest BCUT2D eigenvalue weighted by molar-refractivity contribution is -0.134. The van der Waals surface area contributed by atoms with Crippen LogP contribution in [0.5, 0.6) is 0 Å². The Labute approximate surface area is 129 Å². The molecule has 1 N–H and O–H groups in total. The number of likely N-dealkylation sites (tertiary alicyclic amines) is 1. The minimum Gasteiger partial charge on any atom is -0.350 e. The topological polar surface area (TPSA) is 66.7 Å². The third-order valence-electron chi connectivity index (χ3n) is 4.10. The summed E-state index contributed by atoms with van der Waals surface area (Å²) >= 11 is 0. The van der Waals surface area contributed by atoms with Gasteiger partial charge < -0.3 is 14.6 Å². The highest BCUT2D eigenvalue weighted by atomic mass is 16.2. The van der Waals surface area contributed by atoms with Crippen LogP contribution in [-0.4, -0.2) is 39.2 Å². The molecule has 2 aromatic heterocycles. The lowest BCUT2D eigenvalue weighted by Gasteiger charge is -2.31. The van der Waals surface area contributed by atoms with Crippen molar-refractivity contribution in [2.45, 2.75) is 26.3 Å². The van der Waals surface area contributed by atoms with Gasteiger partial charge in [0.25, 0.3) is 0 Å². The number of fused-ring (bicyclic) bond motifs is 1. The van der Waals surface area contributed by atoms with Crippen LogP contribution in [0.15, 0.2) is 30.6 Å². The Hall–Kier alpha value is -2.37. The molecule has 0 spiro atoms. The summed E-state index contributed by atoms with van der Waals surface area (Å²) in [7, 11) is 0. The quantitative estimate of drug-likeness (QED) is 0.926. The van der Waals surface area contributed by atoms with Crippen molar-refractivity contribution in [1.82, 2.24) is 19.6 Å². The van der Waals surface area contributed by atoms with Gasteiger partial charge in [0.2, 0.25) is 11.8 Å². The van der Waals surface area contributed by atoms with E-state index in [4.69, 9.17) is 0 Å². The van der Waals surface area contributed by atoms with Gasteiger partial charge in [0.05, 0.1) is 18.2 Å². The van der Waals surface area contributed by atoms with Gasteiger partial charge in [-0.2, -0.15) is 0 Å². The molecule has 1 fully saturated rings. The molecule has 0 saturated carbocycles. The molecule has 0 bridgehead atoms. The lowest BCUT2D eigenvalue weighted by Crippen LogP contribution is -2.44. The van der Waals surface area contributed by atoms with Crippen molar-refractivity contribution in [3.05, 3.63) is 36.3 Å². The molecule has 116 valence electrons. The third-order valence-corrected chi connectivity index (χ3v) is 4.10. The zero-order valence-electron chi connectivity index (χ0n) is 12.7. The molecule has 0 aliphatic carbocycles. The molecule has 3 rings (SSSR count). The Bertz CT molecular complexity index is 661. The summed E-state index contributed by atoms with van der Waals surface area (Å²) in [6.45, 7) is 3.24. The van der Waals surface area contributed by atoms with E-state index in [1.165, 1.54) is 0 Å². The van der Waals surface area contributed by atoms with E-state index in [-0.39, 0.29) is 17.7 Å². The number of aromatic nitrogens is 2. The minimum atomic E-state index is -0.116. The largest absolute Gasteiger partial charge is 0.350 e. The minimum absolute atomic E-state index is 0.00278. The average molecular weight is 300 g/mol. The van der Waals surface area contributed by atoms with Crippen LogP contribution in [0.4, 0.5) is 0 Å². The van der Waals surface area contributed by atoms with Gasteiger partial charge in [-0.1, -0.05) is 6.07 Å². The van der Waals surface area contributed by atoms with Crippen LogP contribution < -0.4 is 5.32 Å². The van der Waals surface area contributed by atoms with Crippen molar-refractivity contribution in [2.24, 2.45) is 5.92 Å². The van der Waals surface area contributed by atoms with Crippen LogP contribution in [0.2, 0.25) is 0 Å². The first kappa shape index (κ1) is 14.6. The zero-order valence-corrected chi connectivity index (χ0v) is 12.7. The third kappa shape index (κ3) is 3.10. The Morgan fingerprint density at radius 3 is 3.05 bits per heavy atom. The van der Waals surface area contributed by atoms with E-state index in [2.05, 4.69) is 10.3 Å². The number of piperidine rings is 1. The predicted octanol–water partition coefficient (Wildman–Crippen LogP) is 1.21. The second kappa shape index (κ2) is 6.17. The van der Waals surface area contributed by atoms with Crippen molar-refractivity contribution in [2.75, 3.05) is 13.1 Å². The van der Waals surface area contributed by atoms with Crippen molar-refractivity contribution in [1.29, 1.82) is 0 Å². The van der Waals surface area contributed by atoms with Crippen LogP contribution in [0, 0.1) is 5.92 Å². The van der Waals surface area contributed by atoms with E-state index in [0.717, 1.165) is 30.7 Å². The Kier molecular flexibility index (Phi) is 4.09. The van der Waals surface area contributed by atoms with Gasteiger partial charge in [0.1, 0.15) is 5.65 Å². The summed E-state index contributed by atoms with van der Waals surface area (Å²) in [6.07, 6.45) is 5.56. The van der Waals surface area contributed by atoms with Gasteiger partial charge in [0.15, 0.2) is 0 Å². The number of rotatable bonds is 3. The van der Waals surface area contributed by atoms with Crippen molar-refractivity contribution >= 4 is 17.5 Å². The van der Waals surface area contributed by atoms with Gasteiger partial charge in [-0.3, -0.25) is 9.59 Å². The first-order valence-electron chi connectivity index (χ1n) is 7.59. The fraction of sp³-hybridized carbons (Fsp3) is 0.438. The Morgan fingerprint density at radius 2 is 2.27 bits per heavy atom. The molecule has 6 heteroatoms. The standard InChI is InChI=1S/C16H20N4O2/c1-12(21)19-8-4-5-13(10-19)16(22)17-9-14-11-20-7-3-2-6-15(20)18-14/h2-3,6-7,11,13H,4-5,8-10H2,1H3,(H,17,22)/t13-/m0/s1. The molecule has 1 saturated heterocycles. The van der Waals surface area contributed by atoms with Gasteiger partial charge in [-0.25, -0.2) is 4.98 Å². The fourth-order valence-corrected chi connectivity index (χ4v) is 2.87. The number of imidazole rings is 1. The number of nitrogens with one attached hydrogen (secondary N) is 1. The normalized spacial score (nSPS) is 18.4. The molecule has 22 heavy (non-hydrogen) atoms. The maximum Gasteiger partial charge on any atom is 0.225 e. The van der Waals surface area contributed by atoms with E-state index >= 15 is 0 Å². The summed E-state index contributed by atoms with van der Waals surface area (Å²) in [6, 6.07) is 5.80. The van der Waals surface area contributed by atoms with Gasteiger partial charge in [-0.05, 0) is 25.0 Å². The predicted molar refractivity (Wildman–Crippen MR) is 82.0 cm³/mol. The molecule has 6 nitrogen and oxygen atoms in total. The first-order valence-corrected chi connectivity index (χ1v) is 7.59. The second-order valence-electron chi connectivity index (χ2n) is 5.72. The summed E-state index contributed by atoms with van der Waals surface area (Å²) in [4.78, 5) is 29.9. The number of carbonyl (C=O) groups excluding carboxylic acids is 2. The molecule has 3 heterocycles. The van der Waals surface area contributed by atoms with Crippen LogP contribution in [0.25, 0.3) is 5.65 Å². The second-order valence-corrected chi connectivity index (χ2v) is 5.72. The molecule has 0 aromatic carbocycles. The van der Waals surface area contributed by atoms with Crippen molar-refractivity contribution < 1.29 is 9.59 Å². The molecule has 1 aliphatic heterocycles. The first-order chi connectivity index (χ1) is 10.6. The van der Waals surface area contributed by atoms with E-state index in [1.54, 1.807) is 11.8 Å². The van der Waals surface area contributed by atoms with E-state index in [1.807, 2.05) is 35.0 Å². The highest BCUT2D eigenvalue weighted by Gasteiger charge is 2.26. The van der Waals surface area contributed by atoms with E-state index in [0.29, 0.717) is 13.1 Å². The summed E-state index contributed by atoms with van der Waals surface area (Å²) < 4.78 is 1.93. The number of hydrogen-bond acceptors (Lipinski definition) is 3. The number of nitrogens with zero attached hydrogens (tertiary/aromatic N) is 3. The number of pyridine rings is 1. The number of amides is 2. The number of hydrogen-bond donors (Lipinski definition) is 1. The maximum atomic E-state index is 12.3. The van der Waals surface area contributed by atoms with Crippen molar-refractivity contribution in [3.8, 4) is 0 Å². The van der Waals surface area contributed by atoms with Crippen LogP contribution >= 0.6 is 0 Å². The summed E-state index contributed by atoms with van der Waals surface area (Å²) in [5.41, 5.74) is 1.70. The van der Waals surface area contributed by atoms with Crippen LogP contribution in [0.1, 0.15) is 25.5 Å². The zero-order chi connectivity index (χ0) is 15.5.